The van der Waals surface area contributed by atoms with Gasteiger partial charge in [-0.05, 0) is 97.7 Å². The molecule has 0 bridgehead atoms. The molecule has 0 aliphatic heterocycles. The molecule has 0 nitrogen and oxygen atoms in total. The Balaban J connectivity index is 1.49. The van der Waals surface area contributed by atoms with Crippen LogP contribution < -0.4 is 0 Å². The normalized spacial score (nSPS) is 46.5. The Kier molecular flexibility index (Phi) is 6.07. The van der Waals surface area contributed by atoms with Crippen LogP contribution in [0.25, 0.3) is 0 Å². The average Bonchev–Trinajstić information content (AvgIpc) is 2.99. The van der Waals surface area contributed by atoms with E-state index < -0.39 is 0 Å². The van der Waals surface area contributed by atoms with Gasteiger partial charge in [-0.1, -0.05) is 65.5 Å². The minimum atomic E-state index is 0.504. The van der Waals surface area contributed by atoms with E-state index in [1.807, 2.05) is 0 Å². The number of hydrogen-bond acceptors (Lipinski definition) is 1. The maximum Gasteiger partial charge on any atom is 0.00545 e. The topological polar surface area (TPSA) is 0 Å². The highest BCUT2D eigenvalue weighted by molar-refractivity contribution is 7.80. The van der Waals surface area contributed by atoms with Crippen LogP contribution in [0.5, 0.6) is 0 Å². The third-order valence-corrected chi connectivity index (χ3v) is 10.7. The first-order chi connectivity index (χ1) is 13.3. The van der Waals surface area contributed by atoms with E-state index in [1.54, 1.807) is 5.57 Å². The van der Waals surface area contributed by atoms with Gasteiger partial charge in [0.2, 0.25) is 0 Å². The maximum absolute atomic E-state index is 4.84. The van der Waals surface area contributed by atoms with E-state index in [1.165, 1.54) is 70.6 Å². The van der Waals surface area contributed by atoms with Crippen molar-refractivity contribution in [3.8, 4) is 0 Å². The number of hydrogen-bond donors (Lipinski definition) is 1. The monoisotopic (exact) mass is 402 g/mol. The Hall–Kier alpha value is 0.0900. The molecule has 28 heavy (non-hydrogen) atoms. The van der Waals surface area contributed by atoms with E-state index in [4.69, 9.17) is 12.6 Å². The van der Waals surface area contributed by atoms with E-state index in [0.717, 1.165) is 35.5 Å². The first kappa shape index (κ1) is 21.3. The van der Waals surface area contributed by atoms with Gasteiger partial charge in [0, 0.05) is 5.25 Å². The molecule has 1 heteroatoms. The first-order valence-corrected chi connectivity index (χ1v) is 13.1. The summed E-state index contributed by atoms with van der Waals surface area (Å²) in [6.45, 7) is 12.7. The average molecular weight is 403 g/mol. The lowest BCUT2D eigenvalue weighted by Crippen LogP contribution is -2.50. The van der Waals surface area contributed by atoms with E-state index in [2.05, 4.69) is 40.7 Å². The van der Waals surface area contributed by atoms with Crippen LogP contribution in [0.3, 0.4) is 0 Å². The van der Waals surface area contributed by atoms with Crippen LogP contribution >= 0.6 is 12.6 Å². The molecule has 3 fully saturated rings. The second-order valence-electron chi connectivity index (χ2n) is 12.2. The standard InChI is InChI=1S/C27H46S/c1-18(2)7-6-8-19(3)23-11-12-24-22-10-9-20-17-21(28)13-15-26(20,4)25(22)14-16-27(23,24)5/h9,18-19,21-25,28H,6-8,10-17H2,1-5H3/t19?,21-,22-,23+,24-,25-,26-,27+/m0/s1. The van der Waals surface area contributed by atoms with Crippen molar-refractivity contribution in [1.82, 2.24) is 0 Å². The molecule has 4 rings (SSSR count). The Morgan fingerprint density at radius 1 is 1.00 bits per heavy atom. The molecule has 0 aromatic rings. The maximum atomic E-state index is 4.84. The highest BCUT2D eigenvalue weighted by Gasteiger charge is 2.58. The van der Waals surface area contributed by atoms with Crippen molar-refractivity contribution in [2.75, 3.05) is 0 Å². The second kappa shape index (κ2) is 7.97. The molecule has 0 amide bonds. The molecule has 4 aliphatic carbocycles. The van der Waals surface area contributed by atoms with Crippen LogP contribution in [-0.4, -0.2) is 5.25 Å². The summed E-state index contributed by atoms with van der Waals surface area (Å²) in [5.41, 5.74) is 2.92. The molecule has 0 spiro atoms. The predicted octanol–water partition coefficient (Wildman–Crippen LogP) is 8.33. The van der Waals surface area contributed by atoms with Crippen LogP contribution in [-0.2, 0) is 0 Å². The van der Waals surface area contributed by atoms with Crippen molar-refractivity contribution in [3.05, 3.63) is 11.6 Å². The van der Waals surface area contributed by atoms with Gasteiger partial charge in [-0.25, -0.2) is 0 Å². The third kappa shape index (κ3) is 3.54. The fourth-order valence-electron chi connectivity index (χ4n) is 8.67. The molecular formula is C27H46S. The summed E-state index contributed by atoms with van der Waals surface area (Å²) < 4.78 is 0. The predicted molar refractivity (Wildman–Crippen MR) is 126 cm³/mol. The van der Waals surface area contributed by atoms with Gasteiger partial charge in [0.1, 0.15) is 0 Å². The van der Waals surface area contributed by atoms with Gasteiger partial charge in [0.05, 0.1) is 0 Å². The van der Waals surface area contributed by atoms with Crippen LogP contribution in [0.1, 0.15) is 105 Å². The van der Waals surface area contributed by atoms with Gasteiger partial charge in [0.25, 0.3) is 0 Å². The SMILES string of the molecule is CC(C)CCCC(C)[C@H]1CC[C@H]2[C@@H]3CC=C4C[C@@H](S)CC[C@]4(C)[C@H]3CC[C@]12C. The molecule has 0 heterocycles. The summed E-state index contributed by atoms with van der Waals surface area (Å²) in [6.07, 6.45) is 18.4. The molecule has 0 aromatic carbocycles. The van der Waals surface area contributed by atoms with E-state index in [9.17, 15) is 0 Å². The number of thiol groups is 1. The molecule has 4 aliphatic rings. The van der Waals surface area contributed by atoms with Crippen LogP contribution in [0.15, 0.2) is 11.6 Å². The van der Waals surface area contributed by atoms with Crippen LogP contribution in [0, 0.1) is 46.3 Å². The minimum Gasteiger partial charge on any atom is -0.176 e. The molecular weight excluding hydrogens is 356 g/mol. The number of rotatable bonds is 5. The first-order valence-electron chi connectivity index (χ1n) is 12.6. The number of allylic oxidation sites excluding steroid dienone is 2. The van der Waals surface area contributed by atoms with Crippen LogP contribution in [0.2, 0.25) is 0 Å². The Labute approximate surface area is 181 Å². The van der Waals surface area contributed by atoms with Gasteiger partial charge in [-0.2, -0.15) is 12.6 Å². The molecule has 1 unspecified atom stereocenters. The Morgan fingerprint density at radius 3 is 2.54 bits per heavy atom. The summed E-state index contributed by atoms with van der Waals surface area (Å²) in [5.74, 6) is 5.70. The molecule has 3 saturated carbocycles. The summed E-state index contributed by atoms with van der Waals surface area (Å²) in [5, 5.41) is 0.618. The molecule has 0 N–H and O–H groups in total. The third-order valence-electron chi connectivity index (χ3n) is 10.3. The highest BCUT2D eigenvalue weighted by Crippen LogP contribution is 2.67. The van der Waals surface area contributed by atoms with Gasteiger partial charge in [0.15, 0.2) is 0 Å². The summed E-state index contributed by atoms with van der Waals surface area (Å²) >= 11 is 4.84. The van der Waals surface area contributed by atoms with Crippen LogP contribution in [0.4, 0.5) is 0 Å². The Morgan fingerprint density at radius 2 is 1.79 bits per heavy atom. The van der Waals surface area contributed by atoms with Crippen molar-refractivity contribution in [2.45, 2.75) is 110 Å². The smallest absolute Gasteiger partial charge is 0.00545 e. The highest BCUT2D eigenvalue weighted by atomic mass is 32.1. The van der Waals surface area contributed by atoms with Crippen molar-refractivity contribution < 1.29 is 0 Å². The lowest BCUT2D eigenvalue weighted by molar-refractivity contribution is -0.0497. The van der Waals surface area contributed by atoms with Gasteiger partial charge >= 0.3 is 0 Å². The lowest BCUT2D eigenvalue weighted by atomic mass is 9.47. The van der Waals surface area contributed by atoms with E-state index in [-0.39, 0.29) is 0 Å². The molecule has 0 radical (unpaired) electrons. The molecule has 0 aromatic heterocycles. The summed E-state index contributed by atoms with van der Waals surface area (Å²) in [6, 6.07) is 0. The zero-order valence-electron chi connectivity index (χ0n) is 19.3. The largest absolute Gasteiger partial charge is 0.176 e. The minimum absolute atomic E-state index is 0.504. The summed E-state index contributed by atoms with van der Waals surface area (Å²) in [7, 11) is 0. The fraction of sp³-hybridized carbons (Fsp3) is 0.926. The van der Waals surface area contributed by atoms with E-state index in [0.29, 0.717) is 16.1 Å². The zero-order chi connectivity index (χ0) is 20.1. The summed E-state index contributed by atoms with van der Waals surface area (Å²) in [4.78, 5) is 0. The van der Waals surface area contributed by atoms with Crippen molar-refractivity contribution in [1.29, 1.82) is 0 Å². The quantitative estimate of drug-likeness (QED) is 0.347. The van der Waals surface area contributed by atoms with Gasteiger partial charge in [-0.3, -0.25) is 0 Å². The van der Waals surface area contributed by atoms with Crippen molar-refractivity contribution in [3.63, 3.8) is 0 Å². The second-order valence-corrected chi connectivity index (χ2v) is 12.9. The fourth-order valence-corrected chi connectivity index (χ4v) is 8.99. The molecule has 160 valence electrons. The van der Waals surface area contributed by atoms with Crippen molar-refractivity contribution >= 4 is 12.6 Å². The van der Waals surface area contributed by atoms with Crippen molar-refractivity contribution in [2.24, 2.45) is 46.3 Å². The lowest BCUT2D eigenvalue weighted by Gasteiger charge is -2.58. The molecule has 8 atom stereocenters. The Bertz CT molecular complexity index is 591. The zero-order valence-corrected chi connectivity index (χ0v) is 20.2. The van der Waals surface area contributed by atoms with E-state index >= 15 is 0 Å². The van der Waals surface area contributed by atoms with Gasteiger partial charge in [-0.15, -0.1) is 0 Å². The number of fused-ring (bicyclic) bond motifs is 5. The van der Waals surface area contributed by atoms with Gasteiger partial charge < -0.3 is 0 Å². The molecule has 0 saturated heterocycles.